The van der Waals surface area contributed by atoms with Crippen LogP contribution in [0.3, 0.4) is 0 Å². The Balaban J connectivity index is 1.63. The first-order valence-corrected chi connectivity index (χ1v) is 17.2. The number of primary amides is 1. The number of unbranched alkanes of at least 4 members (excludes halogenated alkanes) is 1. The SMILES string of the molecule is Cc1cc(O)cc(C)c1C[C@H](NC(=O)CNC(=O)OCc1ccccc1)C(=O)N[C@@H](CCCCNC(=O)OCc1ccccc1Cl)C(=O)NCC(N)=O. The topological polar surface area (TPSA) is 227 Å². The molecular weight excluding hydrogens is 708 g/mol. The van der Waals surface area contributed by atoms with E-state index in [9.17, 15) is 33.9 Å². The zero-order valence-electron chi connectivity index (χ0n) is 29.5. The summed E-state index contributed by atoms with van der Waals surface area (Å²) in [5.74, 6) is -2.88. The lowest BCUT2D eigenvalue weighted by Gasteiger charge is -2.24. The number of hydrogen-bond acceptors (Lipinski definition) is 9. The van der Waals surface area contributed by atoms with Gasteiger partial charge in [-0.05, 0) is 73.6 Å². The van der Waals surface area contributed by atoms with Crippen LogP contribution in [-0.2, 0) is 48.3 Å². The molecule has 0 aromatic heterocycles. The Kier molecular flexibility index (Phi) is 16.9. The first-order chi connectivity index (χ1) is 25.3. The van der Waals surface area contributed by atoms with E-state index >= 15 is 0 Å². The Bertz CT molecular complexity index is 1720. The summed E-state index contributed by atoms with van der Waals surface area (Å²) in [6.45, 7) is 2.66. The molecule has 53 heavy (non-hydrogen) atoms. The average molecular weight is 753 g/mol. The van der Waals surface area contributed by atoms with Crippen LogP contribution < -0.4 is 32.3 Å². The van der Waals surface area contributed by atoms with Crippen molar-refractivity contribution >= 4 is 47.4 Å². The standard InChI is InChI=1S/C37H45ClN6O9/c1-23-16-27(45)17-24(2)28(23)18-31(43-33(47)20-42-37(51)52-21-25-10-4-3-5-11-25)35(49)44-30(34(48)41-19-32(39)46)14-8-9-15-40-36(50)53-22-26-12-6-7-13-29(26)38/h3-7,10-13,16-17,30-31,45H,8-9,14-15,18-22H2,1-2H3,(H2,39,46)(H,40,50)(H,41,48)(H,42,51)(H,43,47)(H,44,49)/t30-,31-/m0/s1. The molecule has 2 atom stereocenters. The molecule has 0 aliphatic carbocycles. The fourth-order valence-corrected chi connectivity index (χ4v) is 5.38. The van der Waals surface area contributed by atoms with Crippen molar-refractivity contribution in [3.8, 4) is 5.75 Å². The van der Waals surface area contributed by atoms with E-state index in [2.05, 4.69) is 26.6 Å². The van der Waals surface area contributed by atoms with Gasteiger partial charge >= 0.3 is 12.2 Å². The van der Waals surface area contributed by atoms with Gasteiger partial charge in [-0.3, -0.25) is 19.2 Å². The average Bonchev–Trinajstić information content (AvgIpc) is 3.12. The van der Waals surface area contributed by atoms with Gasteiger partial charge in [-0.25, -0.2) is 9.59 Å². The van der Waals surface area contributed by atoms with Gasteiger partial charge in [-0.15, -0.1) is 0 Å². The monoisotopic (exact) mass is 752 g/mol. The third-order valence-corrected chi connectivity index (χ3v) is 8.29. The lowest BCUT2D eigenvalue weighted by Crippen LogP contribution is -2.56. The van der Waals surface area contributed by atoms with Crippen LogP contribution in [0.4, 0.5) is 9.59 Å². The molecule has 3 rings (SSSR count). The van der Waals surface area contributed by atoms with Gasteiger partial charge in [0.2, 0.25) is 23.6 Å². The first kappa shape index (κ1) is 41.6. The second-order valence-corrected chi connectivity index (χ2v) is 12.5. The number of aryl methyl sites for hydroxylation is 2. The van der Waals surface area contributed by atoms with Crippen molar-refractivity contribution in [2.24, 2.45) is 5.73 Å². The van der Waals surface area contributed by atoms with Gasteiger partial charge < -0.3 is 46.9 Å². The maximum Gasteiger partial charge on any atom is 0.407 e. The minimum absolute atomic E-state index is 0.0122. The molecule has 3 aromatic rings. The third kappa shape index (κ3) is 15.1. The number of ether oxygens (including phenoxy) is 2. The summed E-state index contributed by atoms with van der Waals surface area (Å²) in [6.07, 6.45) is -0.684. The van der Waals surface area contributed by atoms with Crippen LogP contribution in [0, 0.1) is 13.8 Å². The third-order valence-electron chi connectivity index (χ3n) is 7.92. The molecule has 8 N–H and O–H groups in total. The highest BCUT2D eigenvalue weighted by Gasteiger charge is 2.28. The van der Waals surface area contributed by atoms with E-state index in [0.29, 0.717) is 40.1 Å². The Morgan fingerprint density at radius 1 is 0.755 bits per heavy atom. The van der Waals surface area contributed by atoms with E-state index in [1.807, 2.05) is 6.07 Å². The van der Waals surface area contributed by atoms with Crippen molar-refractivity contribution < 1.29 is 43.3 Å². The molecule has 6 amide bonds. The van der Waals surface area contributed by atoms with E-state index in [1.165, 1.54) is 12.1 Å². The summed E-state index contributed by atoms with van der Waals surface area (Å²) in [4.78, 5) is 75.6. The molecule has 0 heterocycles. The summed E-state index contributed by atoms with van der Waals surface area (Å²) < 4.78 is 10.3. The number of aromatic hydroxyl groups is 1. The Morgan fingerprint density at radius 2 is 1.40 bits per heavy atom. The van der Waals surface area contributed by atoms with Crippen LogP contribution in [0.2, 0.25) is 5.02 Å². The number of alkyl carbamates (subject to hydrolysis) is 2. The lowest BCUT2D eigenvalue weighted by molar-refractivity contribution is -0.132. The number of carbonyl (C=O) groups is 6. The van der Waals surface area contributed by atoms with Crippen molar-refractivity contribution in [2.75, 3.05) is 19.6 Å². The largest absolute Gasteiger partial charge is 0.508 e. The molecule has 0 saturated carbocycles. The van der Waals surface area contributed by atoms with Crippen LogP contribution in [0.15, 0.2) is 66.7 Å². The van der Waals surface area contributed by atoms with E-state index < -0.39 is 61.0 Å². The van der Waals surface area contributed by atoms with Crippen molar-refractivity contribution in [3.63, 3.8) is 0 Å². The lowest BCUT2D eigenvalue weighted by atomic mass is 9.95. The Morgan fingerprint density at radius 3 is 2.08 bits per heavy atom. The van der Waals surface area contributed by atoms with Gasteiger partial charge in [-0.2, -0.15) is 0 Å². The Labute approximate surface area is 312 Å². The molecule has 0 radical (unpaired) electrons. The van der Waals surface area contributed by atoms with E-state index in [4.69, 9.17) is 26.8 Å². The molecule has 0 aliphatic rings. The van der Waals surface area contributed by atoms with Gasteiger partial charge in [0.15, 0.2) is 0 Å². The van der Waals surface area contributed by atoms with Crippen LogP contribution in [-0.4, -0.2) is 72.6 Å². The number of nitrogens with two attached hydrogens (primary N) is 1. The number of phenols is 1. The summed E-state index contributed by atoms with van der Waals surface area (Å²) in [5, 5.41) is 23.1. The predicted octanol–water partition coefficient (Wildman–Crippen LogP) is 2.80. The fraction of sp³-hybridized carbons (Fsp3) is 0.351. The zero-order chi connectivity index (χ0) is 38.8. The van der Waals surface area contributed by atoms with Crippen molar-refractivity contribution in [1.82, 2.24) is 26.6 Å². The second kappa shape index (κ2) is 21.5. The molecule has 16 heteroatoms. The summed E-state index contributed by atoms with van der Waals surface area (Å²) in [6, 6.07) is 16.6. The minimum atomic E-state index is -1.23. The highest BCUT2D eigenvalue weighted by atomic mass is 35.5. The van der Waals surface area contributed by atoms with Crippen LogP contribution in [0.5, 0.6) is 5.75 Å². The molecule has 0 spiro atoms. The summed E-state index contributed by atoms with van der Waals surface area (Å²) in [5.41, 5.74) is 8.58. The van der Waals surface area contributed by atoms with Crippen molar-refractivity contribution in [2.45, 2.75) is 64.8 Å². The maximum atomic E-state index is 13.8. The summed E-state index contributed by atoms with van der Waals surface area (Å²) in [7, 11) is 0. The number of hydrogen-bond donors (Lipinski definition) is 7. The van der Waals surface area contributed by atoms with E-state index in [0.717, 1.165) is 5.56 Å². The highest BCUT2D eigenvalue weighted by Crippen LogP contribution is 2.22. The van der Waals surface area contributed by atoms with Crippen molar-refractivity contribution in [1.29, 1.82) is 0 Å². The zero-order valence-corrected chi connectivity index (χ0v) is 30.3. The van der Waals surface area contributed by atoms with Gasteiger partial charge in [0.25, 0.3) is 0 Å². The second-order valence-electron chi connectivity index (χ2n) is 12.1. The minimum Gasteiger partial charge on any atom is -0.508 e. The molecule has 0 aliphatic heterocycles. The number of carbonyl (C=O) groups excluding carboxylic acids is 6. The number of phenolic OH excluding ortho intramolecular Hbond substituents is 1. The molecule has 3 aromatic carbocycles. The van der Waals surface area contributed by atoms with Gasteiger partial charge in [-0.1, -0.05) is 60.1 Å². The molecular formula is C37H45ClN6O9. The van der Waals surface area contributed by atoms with Crippen LogP contribution in [0.25, 0.3) is 0 Å². The number of nitrogens with one attached hydrogen (secondary N) is 5. The number of rotatable bonds is 19. The number of benzene rings is 3. The molecule has 0 saturated heterocycles. The van der Waals surface area contributed by atoms with Gasteiger partial charge in [0, 0.05) is 23.6 Å². The molecule has 0 unspecified atom stereocenters. The predicted molar refractivity (Wildman–Crippen MR) is 195 cm³/mol. The highest BCUT2D eigenvalue weighted by molar-refractivity contribution is 6.31. The normalized spacial score (nSPS) is 11.7. The van der Waals surface area contributed by atoms with E-state index in [1.54, 1.807) is 62.4 Å². The number of halogens is 1. The quantitative estimate of drug-likeness (QED) is 0.0893. The van der Waals surface area contributed by atoms with E-state index in [-0.39, 0.29) is 38.3 Å². The molecule has 284 valence electrons. The fourth-order valence-electron chi connectivity index (χ4n) is 5.19. The summed E-state index contributed by atoms with van der Waals surface area (Å²) >= 11 is 6.09. The van der Waals surface area contributed by atoms with Gasteiger partial charge in [0.1, 0.15) is 37.6 Å². The molecule has 0 fully saturated rings. The molecule has 0 bridgehead atoms. The maximum absolute atomic E-state index is 13.8. The van der Waals surface area contributed by atoms with Crippen LogP contribution in [0.1, 0.15) is 47.1 Å². The molecule has 15 nitrogen and oxygen atoms in total. The first-order valence-electron chi connectivity index (χ1n) is 16.9. The number of amides is 6. The smallest absolute Gasteiger partial charge is 0.407 e. The van der Waals surface area contributed by atoms with Gasteiger partial charge in [0.05, 0.1) is 6.54 Å². The van der Waals surface area contributed by atoms with Crippen LogP contribution >= 0.6 is 11.6 Å². The van der Waals surface area contributed by atoms with Crippen molar-refractivity contribution in [3.05, 3.63) is 99.6 Å². The Hall–Kier alpha value is -5.83.